The third kappa shape index (κ3) is 2.29. The van der Waals surface area contributed by atoms with Crippen LogP contribution in [0.5, 0.6) is 11.5 Å². The Balaban J connectivity index is 2.40. The molecule has 1 fully saturated rings. The third-order valence-electron chi connectivity index (χ3n) is 1.87. The zero-order chi connectivity index (χ0) is 18.7. The van der Waals surface area contributed by atoms with Gasteiger partial charge in [0.05, 0.1) is 12.5 Å². The van der Waals surface area contributed by atoms with Crippen LogP contribution in [-0.4, -0.2) is 24.1 Å². The van der Waals surface area contributed by atoms with E-state index in [4.69, 9.17) is 11.0 Å². The van der Waals surface area contributed by atoms with Gasteiger partial charge in [-0.25, -0.2) is 0 Å². The van der Waals surface area contributed by atoms with E-state index in [1.807, 2.05) is 5.32 Å². The van der Waals surface area contributed by atoms with E-state index in [-0.39, 0.29) is 4.47 Å². The summed E-state index contributed by atoms with van der Waals surface area (Å²) in [5.74, 6) is -2.43. The number of hydrogen-bond acceptors (Lipinski definition) is 3. The predicted molar refractivity (Wildman–Crippen MR) is 62.8 cm³/mol. The van der Waals surface area contributed by atoms with Gasteiger partial charge in [-0.3, -0.25) is 4.79 Å². The highest BCUT2D eigenvalue weighted by molar-refractivity contribution is 9.10. The molecule has 0 bridgehead atoms. The van der Waals surface area contributed by atoms with Gasteiger partial charge in [0, 0.05) is 16.0 Å². The van der Waals surface area contributed by atoms with E-state index >= 15 is 0 Å². The van der Waals surface area contributed by atoms with Crippen LogP contribution in [-0.2, 0) is 0 Å². The number of halogens is 1. The number of carbonyl (C=O) groups is 1. The number of hydrogen-bond donors (Lipinski definition) is 2. The molecule has 1 aliphatic carbocycles. The zero-order valence-corrected chi connectivity index (χ0v) is 9.38. The van der Waals surface area contributed by atoms with Gasteiger partial charge < -0.3 is 15.2 Å². The lowest BCUT2D eigenvalue weighted by Crippen LogP contribution is -2.25. The lowest BCUT2D eigenvalue weighted by atomic mass is 10.1. The Bertz CT molecular complexity index is 691. The molecule has 16 heavy (non-hydrogen) atoms. The minimum atomic E-state index is -2.93. The van der Waals surface area contributed by atoms with Crippen LogP contribution in [0.25, 0.3) is 0 Å². The fourth-order valence-corrected chi connectivity index (χ4v) is 1.57. The standard InChI is InChI=1S/C11H12BrNO3/c1-16-9-5-6(12)4-8(14)10(9)11(15)13-7-2-3-7/h4-5,7,14H,2-3H2,1H3,(H,13,15)/i1D3,2D2,3D2,7D. The number of phenolic OH excluding ortho intramolecular Hbond substituents is 1. The SMILES string of the molecule is [2H]C([2H])([2H])Oc1cc(Br)cc(O)c1C(=O)NC1([2H])C([2H])([2H])C1([2H])[2H]. The van der Waals surface area contributed by atoms with Gasteiger partial charge in [-0.1, -0.05) is 15.9 Å². The highest BCUT2D eigenvalue weighted by atomic mass is 79.9. The summed E-state index contributed by atoms with van der Waals surface area (Å²) in [5.41, 5.74) is -0.639. The van der Waals surface area contributed by atoms with Crippen molar-refractivity contribution in [3.05, 3.63) is 22.2 Å². The van der Waals surface area contributed by atoms with Crippen LogP contribution in [0.15, 0.2) is 16.6 Å². The molecule has 0 heterocycles. The summed E-state index contributed by atoms with van der Waals surface area (Å²) in [6.45, 7) is 0. The quantitative estimate of drug-likeness (QED) is 0.897. The van der Waals surface area contributed by atoms with Crippen molar-refractivity contribution in [2.45, 2.75) is 18.8 Å². The molecule has 0 aliphatic heterocycles. The minimum absolute atomic E-state index is 0.216. The van der Waals surface area contributed by atoms with Gasteiger partial charge in [0.15, 0.2) is 0 Å². The van der Waals surface area contributed by atoms with Gasteiger partial charge in [0.1, 0.15) is 17.1 Å². The Morgan fingerprint density at radius 1 is 1.81 bits per heavy atom. The molecule has 0 saturated heterocycles. The lowest BCUT2D eigenvalue weighted by molar-refractivity contribution is 0.0945. The van der Waals surface area contributed by atoms with E-state index in [0.717, 1.165) is 12.1 Å². The smallest absolute Gasteiger partial charge is 0.259 e. The second kappa shape index (κ2) is 4.33. The van der Waals surface area contributed by atoms with Crippen molar-refractivity contribution < 1.29 is 25.6 Å². The average Bonchev–Trinajstić information content (AvgIpc) is 2.62. The maximum Gasteiger partial charge on any atom is 0.259 e. The van der Waals surface area contributed by atoms with Crippen molar-refractivity contribution >= 4 is 21.8 Å². The van der Waals surface area contributed by atoms with Gasteiger partial charge >= 0.3 is 0 Å². The molecule has 86 valence electrons. The number of benzene rings is 1. The molecule has 1 aromatic carbocycles. The molecule has 0 aromatic heterocycles. The summed E-state index contributed by atoms with van der Waals surface area (Å²) in [4.78, 5) is 12.3. The van der Waals surface area contributed by atoms with E-state index < -0.39 is 48.8 Å². The van der Waals surface area contributed by atoms with E-state index in [0.29, 0.717) is 0 Å². The van der Waals surface area contributed by atoms with E-state index in [2.05, 4.69) is 20.7 Å². The summed E-state index contributed by atoms with van der Waals surface area (Å²) in [7, 11) is -2.93. The number of aromatic hydroxyl groups is 1. The number of methoxy groups -OCH3 is 1. The van der Waals surface area contributed by atoms with Crippen molar-refractivity contribution in [3.8, 4) is 11.5 Å². The highest BCUT2D eigenvalue weighted by Gasteiger charge is 2.27. The predicted octanol–water partition coefficient (Wildman–Crippen LogP) is 2.06. The first-order valence-electron chi connectivity index (χ1n) is 8.18. The lowest BCUT2D eigenvalue weighted by Gasteiger charge is -2.11. The molecule has 1 saturated carbocycles. The number of rotatable bonds is 3. The molecule has 4 nitrogen and oxygen atoms in total. The Labute approximate surface area is 113 Å². The van der Waals surface area contributed by atoms with Crippen molar-refractivity contribution in [3.63, 3.8) is 0 Å². The highest BCUT2D eigenvalue weighted by Crippen LogP contribution is 2.32. The van der Waals surface area contributed by atoms with E-state index in [1.165, 1.54) is 0 Å². The van der Waals surface area contributed by atoms with Crippen molar-refractivity contribution in [2.24, 2.45) is 0 Å². The number of carbonyl (C=O) groups excluding carboxylic acids is 1. The van der Waals surface area contributed by atoms with Gasteiger partial charge in [0.25, 0.3) is 5.91 Å². The molecule has 1 aromatic rings. The number of ether oxygens (including phenoxy) is 1. The monoisotopic (exact) mass is 293 g/mol. The van der Waals surface area contributed by atoms with Crippen LogP contribution in [0.3, 0.4) is 0 Å². The van der Waals surface area contributed by atoms with Crippen LogP contribution in [0, 0.1) is 0 Å². The summed E-state index contributed by atoms with van der Waals surface area (Å²) >= 11 is 3.00. The second-order valence-electron chi connectivity index (χ2n) is 2.98. The molecule has 0 atom stereocenters. The van der Waals surface area contributed by atoms with Gasteiger partial charge in [-0.05, 0) is 24.9 Å². The first-order valence-corrected chi connectivity index (χ1v) is 4.97. The molecule has 5 heteroatoms. The number of nitrogens with one attached hydrogen (secondary N) is 1. The van der Waals surface area contributed by atoms with Gasteiger partial charge in [-0.15, -0.1) is 0 Å². The molecular weight excluding hydrogens is 274 g/mol. The van der Waals surface area contributed by atoms with Crippen LogP contribution >= 0.6 is 15.9 Å². The Morgan fingerprint density at radius 3 is 3.19 bits per heavy atom. The number of amides is 1. The summed E-state index contributed by atoms with van der Waals surface area (Å²) in [6, 6.07) is -0.393. The molecule has 2 rings (SSSR count). The fraction of sp³-hybridized carbons (Fsp3) is 0.364. The number of phenols is 1. The Hall–Kier alpha value is -1.23. The van der Waals surface area contributed by atoms with Crippen LogP contribution in [0.2, 0.25) is 0 Å². The Morgan fingerprint density at radius 2 is 2.56 bits per heavy atom. The molecule has 0 radical (unpaired) electrons. The summed E-state index contributed by atoms with van der Waals surface area (Å²) in [5, 5.41) is 11.8. The van der Waals surface area contributed by atoms with Crippen LogP contribution < -0.4 is 10.1 Å². The second-order valence-corrected chi connectivity index (χ2v) is 3.89. The maximum atomic E-state index is 12.3. The van der Waals surface area contributed by atoms with Crippen LogP contribution in [0.4, 0.5) is 0 Å². The molecular formula is C11H12BrNO3. The topological polar surface area (TPSA) is 58.6 Å². The van der Waals surface area contributed by atoms with E-state index in [9.17, 15) is 9.90 Å². The molecule has 0 spiro atoms. The summed E-state index contributed by atoms with van der Waals surface area (Å²) < 4.78 is 63.7. The minimum Gasteiger partial charge on any atom is -0.507 e. The van der Waals surface area contributed by atoms with Crippen molar-refractivity contribution in [1.29, 1.82) is 0 Å². The zero-order valence-electron chi connectivity index (χ0n) is 15.8. The molecule has 1 amide bonds. The average molecular weight is 294 g/mol. The Kier molecular flexibility index (Phi) is 1.34. The molecule has 0 unspecified atom stereocenters. The fourth-order valence-electron chi connectivity index (χ4n) is 1.15. The molecule has 1 aliphatic rings. The van der Waals surface area contributed by atoms with Crippen LogP contribution in [0.1, 0.15) is 34.1 Å². The van der Waals surface area contributed by atoms with E-state index in [1.54, 1.807) is 0 Å². The summed E-state index contributed by atoms with van der Waals surface area (Å²) in [6.07, 6.45) is -5.29. The first kappa shape index (κ1) is 4.96. The maximum absolute atomic E-state index is 12.3. The normalized spacial score (nSPS) is 31.1. The van der Waals surface area contributed by atoms with Gasteiger partial charge in [0.2, 0.25) is 0 Å². The van der Waals surface area contributed by atoms with Gasteiger partial charge in [-0.2, -0.15) is 0 Å². The first-order chi connectivity index (χ1) is 10.6. The van der Waals surface area contributed by atoms with Crippen molar-refractivity contribution in [1.82, 2.24) is 5.32 Å². The third-order valence-corrected chi connectivity index (χ3v) is 2.33. The largest absolute Gasteiger partial charge is 0.507 e. The van der Waals surface area contributed by atoms with Crippen molar-refractivity contribution in [2.75, 3.05) is 7.04 Å². The molecule has 2 N–H and O–H groups in total.